The predicted octanol–water partition coefficient (Wildman–Crippen LogP) is -0.364. The van der Waals surface area contributed by atoms with Crippen LogP contribution in [0.4, 0.5) is 0 Å². The van der Waals surface area contributed by atoms with Crippen LogP contribution in [0, 0.1) is 11.3 Å². The Morgan fingerprint density at radius 3 is 2.67 bits per heavy atom. The summed E-state index contributed by atoms with van der Waals surface area (Å²) in [5.74, 6) is -1.42. The molecule has 0 heterocycles. The molecule has 1 atom stereocenters. The number of carboxylic acid groups (broad SMARTS) is 1. The molecule has 0 saturated carbocycles. The lowest BCUT2D eigenvalue weighted by Gasteiger charge is -2.12. The number of nitriles is 1. The lowest BCUT2D eigenvalue weighted by Crippen LogP contribution is -2.42. The quantitative estimate of drug-likeness (QED) is 0.640. The molecule has 0 radical (unpaired) electrons. The average molecular weight is 252 g/mol. The highest BCUT2D eigenvalue weighted by atomic mass is 32.2. The Morgan fingerprint density at radius 1 is 1.67 bits per heavy atom. The summed E-state index contributed by atoms with van der Waals surface area (Å²) in [7, 11) is -3.81. The van der Waals surface area contributed by atoms with Crippen molar-refractivity contribution in [3.63, 3.8) is 0 Å². The van der Waals surface area contributed by atoms with Crippen molar-refractivity contribution in [3.8, 4) is 6.07 Å². The fourth-order valence-corrected chi connectivity index (χ4v) is 2.19. The summed E-state index contributed by atoms with van der Waals surface area (Å²) in [6, 6.07) is 0.303. The van der Waals surface area contributed by atoms with Gasteiger partial charge < -0.3 is 5.11 Å². The third-order valence-electron chi connectivity index (χ3n) is 1.49. The van der Waals surface area contributed by atoms with Gasteiger partial charge in [0.25, 0.3) is 0 Å². The molecule has 0 amide bonds. The minimum absolute atomic E-state index is 0.196. The van der Waals surface area contributed by atoms with E-state index < -0.39 is 27.8 Å². The molecule has 0 aliphatic rings. The number of hydrogen-bond acceptors (Lipinski definition) is 5. The van der Waals surface area contributed by atoms with Gasteiger partial charge in [0.2, 0.25) is 10.0 Å². The molecule has 2 N–H and O–H groups in total. The number of thioether (sulfide) groups is 1. The van der Waals surface area contributed by atoms with Crippen molar-refractivity contribution in [3.05, 3.63) is 0 Å². The first-order chi connectivity index (χ1) is 6.93. The highest BCUT2D eigenvalue weighted by molar-refractivity contribution is 7.98. The fraction of sp³-hybridized carbons (Fsp3) is 0.714. The van der Waals surface area contributed by atoms with Crippen LogP contribution in [0.1, 0.15) is 6.42 Å². The fourth-order valence-electron chi connectivity index (χ4n) is 0.812. The molecule has 0 spiro atoms. The monoisotopic (exact) mass is 252 g/mol. The molecule has 0 aromatic carbocycles. The summed E-state index contributed by atoms with van der Waals surface area (Å²) in [4.78, 5) is 10.7. The van der Waals surface area contributed by atoms with Crippen LogP contribution in [-0.4, -0.2) is 43.3 Å². The molecule has 1 unspecified atom stereocenters. The van der Waals surface area contributed by atoms with Crippen molar-refractivity contribution in [1.29, 1.82) is 5.26 Å². The lowest BCUT2D eigenvalue weighted by atomic mass is 10.2. The highest BCUT2D eigenvalue weighted by Gasteiger charge is 2.23. The third-order valence-corrected chi connectivity index (χ3v) is 3.28. The van der Waals surface area contributed by atoms with Crippen molar-refractivity contribution in [2.45, 2.75) is 12.5 Å². The van der Waals surface area contributed by atoms with E-state index in [2.05, 4.69) is 0 Å². The van der Waals surface area contributed by atoms with Crippen molar-refractivity contribution in [2.75, 3.05) is 17.8 Å². The maximum atomic E-state index is 11.1. The molecule has 0 fully saturated rings. The van der Waals surface area contributed by atoms with Crippen molar-refractivity contribution in [1.82, 2.24) is 4.72 Å². The molecule has 0 saturated heterocycles. The van der Waals surface area contributed by atoms with E-state index in [-0.39, 0.29) is 6.42 Å². The van der Waals surface area contributed by atoms with Gasteiger partial charge in [-0.25, -0.2) is 13.1 Å². The molecular weight excluding hydrogens is 240 g/mol. The van der Waals surface area contributed by atoms with Crippen molar-refractivity contribution < 1.29 is 18.3 Å². The van der Waals surface area contributed by atoms with Crippen LogP contribution in [0.2, 0.25) is 0 Å². The van der Waals surface area contributed by atoms with E-state index in [4.69, 9.17) is 10.4 Å². The lowest BCUT2D eigenvalue weighted by molar-refractivity contribution is -0.139. The largest absolute Gasteiger partial charge is 0.480 e. The van der Waals surface area contributed by atoms with Crippen LogP contribution in [0.15, 0.2) is 0 Å². The van der Waals surface area contributed by atoms with Gasteiger partial charge in [-0.05, 0) is 18.4 Å². The van der Waals surface area contributed by atoms with Gasteiger partial charge in [-0.2, -0.15) is 17.0 Å². The number of carboxylic acids is 1. The van der Waals surface area contributed by atoms with Gasteiger partial charge in [0.1, 0.15) is 6.04 Å². The molecule has 8 heteroatoms. The van der Waals surface area contributed by atoms with Crippen LogP contribution in [-0.2, 0) is 14.8 Å². The van der Waals surface area contributed by atoms with Crippen LogP contribution >= 0.6 is 11.8 Å². The number of nitrogens with one attached hydrogen (secondary N) is 1. The van der Waals surface area contributed by atoms with E-state index in [1.165, 1.54) is 17.8 Å². The van der Waals surface area contributed by atoms with Gasteiger partial charge >= 0.3 is 5.97 Å². The SMILES string of the molecule is CSCCC(NS(=O)(=O)CC#N)C(=O)O. The smallest absolute Gasteiger partial charge is 0.321 e. The van der Waals surface area contributed by atoms with Gasteiger partial charge in [0.15, 0.2) is 5.75 Å². The predicted molar refractivity (Wildman–Crippen MR) is 57.0 cm³/mol. The van der Waals surface area contributed by atoms with E-state index in [1.54, 1.807) is 6.26 Å². The highest BCUT2D eigenvalue weighted by Crippen LogP contribution is 2.02. The van der Waals surface area contributed by atoms with Crippen molar-refractivity contribution in [2.24, 2.45) is 0 Å². The maximum Gasteiger partial charge on any atom is 0.321 e. The van der Waals surface area contributed by atoms with E-state index in [0.717, 1.165) is 0 Å². The topological polar surface area (TPSA) is 107 Å². The Bertz CT molecular complexity index is 346. The molecule has 6 nitrogen and oxygen atoms in total. The molecular formula is C7H12N2O4S2. The minimum atomic E-state index is -3.81. The van der Waals surface area contributed by atoms with Crippen LogP contribution in [0.25, 0.3) is 0 Å². The zero-order valence-corrected chi connectivity index (χ0v) is 9.77. The number of rotatable bonds is 7. The summed E-state index contributed by atoms with van der Waals surface area (Å²) in [6.45, 7) is 0. The number of hydrogen-bond donors (Lipinski definition) is 2. The molecule has 0 bridgehead atoms. The number of aliphatic carboxylic acids is 1. The maximum absolute atomic E-state index is 11.1. The summed E-state index contributed by atoms with van der Waals surface area (Å²) in [5, 5.41) is 16.9. The molecule has 0 rings (SSSR count). The van der Waals surface area contributed by atoms with Crippen molar-refractivity contribution >= 4 is 27.8 Å². The van der Waals surface area contributed by atoms with Gasteiger partial charge in [0.05, 0.1) is 6.07 Å². The van der Waals surface area contributed by atoms with E-state index in [9.17, 15) is 13.2 Å². The molecule has 86 valence electrons. The summed E-state index contributed by atoms with van der Waals surface area (Å²) < 4.78 is 24.2. The van der Waals surface area contributed by atoms with E-state index >= 15 is 0 Å². The Balaban J connectivity index is 4.42. The average Bonchev–Trinajstić information content (AvgIpc) is 2.11. The zero-order valence-electron chi connectivity index (χ0n) is 8.13. The second-order valence-electron chi connectivity index (χ2n) is 2.71. The molecule has 0 aromatic rings. The van der Waals surface area contributed by atoms with Crippen LogP contribution in [0.3, 0.4) is 0 Å². The number of nitrogens with zero attached hydrogens (tertiary/aromatic N) is 1. The Kier molecular flexibility index (Phi) is 6.31. The zero-order chi connectivity index (χ0) is 11.9. The summed E-state index contributed by atoms with van der Waals surface area (Å²) >= 11 is 1.42. The second kappa shape index (κ2) is 6.66. The minimum Gasteiger partial charge on any atom is -0.480 e. The Labute approximate surface area is 92.7 Å². The first kappa shape index (κ1) is 14.2. The van der Waals surface area contributed by atoms with Gasteiger partial charge in [0, 0.05) is 0 Å². The summed E-state index contributed by atoms with van der Waals surface area (Å²) in [5.41, 5.74) is 0. The van der Waals surface area contributed by atoms with E-state index in [0.29, 0.717) is 5.75 Å². The number of carbonyl (C=O) groups is 1. The van der Waals surface area contributed by atoms with Crippen LogP contribution in [0.5, 0.6) is 0 Å². The normalized spacial score (nSPS) is 13.1. The molecule has 0 aromatic heterocycles. The van der Waals surface area contributed by atoms with Gasteiger partial charge in [-0.3, -0.25) is 4.79 Å². The van der Waals surface area contributed by atoms with Gasteiger partial charge in [-0.1, -0.05) is 0 Å². The molecule has 15 heavy (non-hydrogen) atoms. The standard InChI is InChI=1S/C7H12N2O4S2/c1-14-4-2-6(7(10)11)9-15(12,13)5-3-8/h6,9H,2,4-5H2,1H3,(H,10,11). The summed E-state index contributed by atoms with van der Waals surface area (Å²) in [6.07, 6.45) is 1.99. The third kappa shape index (κ3) is 6.33. The number of sulfonamides is 1. The van der Waals surface area contributed by atoms with Crippen LogP contribution < -0.4 is 4.72 Å². The molecule has 0 aliphatic carbocycles. The Morgan fingerprint density at radius 2 is 2.27 bits per heavy atom. The van der Waals surface area contributed by atoms with Gasteiger partial charge in [-0.15, -0.1) is 0 Å². The second-order valence-corrected chi connectivity index (χ2v) is 5.45. The first-order valence-electron chi connectivity index (χ1n) is 4.01. The molecule has 0 aliphatic heterocycles. The van der Waals surface area contributed by atoms with E-state index in [1.807, 2.05) is 4.72 Å². The first-order valence-corrected chi connectivity index (χ1v) is 7.06. The Hall–Kier alpha value is -0.780.